The molecule has 0 heterocycles. The molecule has 2 aromatic rings. The second kappa shape index (κ2) is 4.05. The lowest BCUT2D eigenvalue weighted by Gasteiger charge is -2.09. The molecule has 0 aliphatic heterocycles. The summed E-state index contributed by atoms with van der Waals surface area (Å²) < 4.78 is 0. The average Bonchev–Trinajstić information content (AvgIpc) is 2.29. The van der Waals surface area contributed by atoms with Crippen LogP contribution in [0.5, 0.6) is 11.5 Å². The first-order chi connectivity index (χ1) is 7.65. The molecule has 84 valence electrons. The Kier molecular flexibility index (Phi) is 2.73. The Morgan fingerprint density at radius 2 is 1.12 bits per heavy atom. The lowest BCUT2D eigenvalue weighted by Crippen LogP contribution is -1.91. The smallest absolute Gasteiger partial charge is 0.158 e. The van der Waals surface area contributed by atoms with Crippen LogP contribution in [0.2, 0.25) is 0 Å². The predicted octanol–water partition coefficient (Wildman–Crippen LogP) is 3.38. The molecule has 2 heteroatoms. The van der Waals surface area contributed by atoms with Gasteiger partial charge in [0.15, 0.2) is 11.5 Å². The van der Waals surface area contributed by atoms with Crippen molar-refractivity contribution in [3.63, 3.8) is 0 Å². The summed E-state index contributed by atoms with van der Waals surface area (Å²) in [5.74, 6) is -0.113. The first-order valence-electron chi connectivity index (χ1n) is 5.63. The van der Waals surface area contributed by atoms with Crippen molar-refractivity contribution in [1.29, 1.82) is 0 Å². The highest BCUT2D eigenvalue weighted by molar-refractivity contribution is 5.87. The molecule has 0 atom stereocenters. The summed E-state index contributed by atoms with van der Waals surface area (Å²) in [7, 11) is 0. The molecule has 0 saturated carbocycles. The number of hydrogen-bond donors (Lipinski definition) is 2. The molecular formula is C14H16O2. The molecule has 2 nitrogen and oxygen atoms in total. The molecule has 16 heavy (non-hydrogen) atoms. The third-order valence-electron chi connectivity index (χ3n) is 3.01. The van der Waals surface area contributed by atoms with E-state index in [1.54, 1.807) is 12.1 Å². The summed E-state index contributed by atoms with van der Waals surface area (Å²) in [6, 6.07) is 7.41. The van der Waals surface area contributed by atoms with Gasteiger partial charge in [-0.2, -0.15) is 0 Å². The molecule has 0 aliphatic carbocycles. The minimum absolute atomic E-state index is 0.0567. The van der Waals surface area contributed by atoms with Crippen LogP contribution in [-0.2, 0) is 12.8 Å². The van der Waals surface area contributed by atoms with Crippen molar-refractivity contribution in [2.24, 2.45) is 0 Å². The van der Waals surface area contributed by atoms with Crippen LogP contribution in [0.4, 0.5) is 0 Å². The molecule has 2 aromatic carbocycles. The third kappa shape index (κ3) is 1.71. The molecular weight excluding hydrogens is 200 g/mol. The van der Waals surface area contributed by atoms with Gasteiger partial charge in [-0.3, -0.25) is 0 Å². The zero-order chi connectivity index (χ0) is 11.7. The first-order valence-corrected chi connectivity index (χ1v) is 5.63. The summed E-state index contributed by atoms with van der Waals surface area (Å²) in [5, 5.41) is 20.9. The molecule has 0 unspecified atom stereocenters. The largest absolute Gasteiger partial charge is 0.504 e. The molecule has 0 bridgehead atoms. The highest BCUT2D eigenvalue weighted by Gasteiger charge is 2.06. The summed E-state index contributed by atoms with van der Waals surface area (Å²) in [4.78, 5) is 0. The van der Waals surface area contributed by atoms with Gasteiger partial charge in [-0.15, -0.1) is 0 Å². The van der Waals surface area contributed by atoms with Crippen LogP contribution in [0.3, 0.4) is 0 Å². The Morgan fingerprint density at radius 3 is 1.44 bits per heavy atom. The minimum atomic E-state index is -0.0567. The van der Waals surface area contributed by atoms with Crippen molar-refractivity contribution in [3.05, 3.63) is 35.4 Å². The lowest BCUT2D eigenvalue weighted by atomic mass is 9.97. The van der Waals surface area contributed by atoms with Gasteiger partial charge in [0.1, 0.15) is 0 Å². The van der Waals surface area contributed by atoms with Crippen molar-refractivity contribution >= 4 is 10.8 Å². The van der Waals surface area contributed by atoms with Crippen molar-refractivity contribution in [1.82, 2.24) is 0 Å². The third-order valence-corrected chi connectivity index (χ3v) is 3.01. The summed E-state index contributed by atoms with van der Waals surface area (Å²) in [6.07, 6.45) is 1.97. The maximum Gasteiger partial charge on any atom is 0.158 e. The number of phenolic OH excluding ortho intramolecular Hbond substituents is 2. The first kappa shape index (κ1) is 10.8. The van der Waals surface area contributed by atoms with Gasteiger partial charge < -0.3 is 10.2 Å². The summed E-state index contributed by atoms with van der Waals surface area (Å²) in [6.45, 7) is 4.25. The lowest BCUT2D eigenvalue weighted by molar-refractivity contribution is 0.405. The van der Waals surface area contributed by atoms with Gasteiger partial charge >= 0.3 is 0 Å². The Labute approximate surface area is 95.2 Å². The van der Waals surface area contributed by atoms with E-state index in [2.05, 4.69) is 26.0 Å². The molecule has 2 N–H and O–H groups in total. The van der Waals surface area contributed by atoms with Crippen molar-refractivity contribution in [3.8, 4) is 11.5 Å². The SMILES string of the molecule is CCc1cc2cc(O)c(O)cc2cc1CC. The fraction of sp³-hybridized carbons (Fsp3) is 0.286. The van der Waals surface area contributed by atoms with Gasteiger partial charge in [0, 0.05) is 0 Å². The normalized spacial score (nSPS) is 10.9. The molecule has 0 fully saturated rings. The van der Waals surface area contributed by atoms with E-state index in [0.29, 0.717) is 0 Å². The molecule has 0 saturated heterocycles. The van der Waals surface area contributed by atoms with E-state index in [9.17, 15) is 10.2 Å². The highest BCUT2D eigenvalue weighted by atomic mass is 16.3. The van der Waals surface area contributed by atoms with Crippen molar-refractivity contribution in [2.45, 2.75) is 26.7 Å². The number of benzene rings is 2. The maximum absolute atomic E-state index is 9.46. The minimum Gasteiger partial charge on any atom is -0.504 e. The Balaban J connectivity index is 2.73. The van der Waals surface area contributed by atoms with Crippen molar-refractivity contribution < 1.29 is 10.2 Å². The van der Waals surface area contributed by atoms with Crippen LogP contribution in [0, 0.1) is 0 Å². The topological polar surface area (TPSA) is 40.5 Å². The number of aryl methyl sites for hydroxylation is 2. The maximum atomic E-state index is 9.46. The van der Waals surface area contributed by atoms with E-state index in [4.69, 9.17) is 0 Å². The Morgan fingerprint density at radius 1 is 0.750 bits per heavy atom. The quantitative estimate of drug-likeness (QED) is 0.755. The van der Waals surface area contributed by atoms with Gasteiger partial charge in [0.2, 0.25) is 0 Å². The summed E-state index contributed by atoms with van der Waals surface area (Å²) >= 11 is 0. The van der Waals surface area contributed by atoms with E-state index in [-0.39, 0.29) is 11.5 Å². The molecule has 0 aliphatic rings. The van der Waals surface area contributed by atoms with Crippen LogP contribution >= 0.6 is 0 Å². The molecule has 0 spiro atoms. The zero-order valence-electron chi connectivity index (χ0n) is 9.62. The molecule has 0 amide bonds. The van der Waals surface area contributed by atoms with Gasteiger partial charge in [0.25, 0.3) is 0 Å². The zero-order valence-corrected chi connectivity index (χ0v) is 9.62. The molecule has 0 aromatic heterocycles. The van der Waals surface area contributed by atoms with Gasteiger partial charge in [-0.05, 0) is 46.9 Å². The van der Waals surface area contributed by atoms with Crippen LogP contribution in [0.25, 0.3) is 10.8 Å². The van der Waals surface area contributed by atoms with E-state index in [1.807, 2.05) is 0 Å². The monoisotopic (exact) mass is 216 g/mol. The summed E-state index contributed by atoms with van der Waals surface area (Å²) in [5.41, 5.74) is 2.61. The van der Waals surface area contributed by atoms with E-state index >= 15 is 0 Å². The number of hydrogen-bond acceptors (Lipinski definition) is 2. The Bertz CT molecular complexity index is 481. The number of fused-ring (bicyclic) bond motifs is 1. The second-order valence-electron chi connectivity index (χ2n) is 4.02. The van der Waals surface area contributed by atoms with Gasteiger partial charge in [-0.25, -0.2) is 0 Å². The van der Waals surface area contributed by atoms with Crippen LogP contribution < -0.4 is 0 Å². The fourth-order valence-electron chi connectivity index (χ4n) is 2.08. The number of aromatic hydroxyl groups is 2. The van der Waals surface area contributed by atoms with Crippen LogP contribution in [0.15, 0.2) is 24.3 Å². The molecule has 2 rings (SSSR count). The van der Waals surface area contributed by atoms with Crippen LogP contribution in [0.1, 0.15) is 25.0 Å². The highest BCUT2D eigenvalue weighted by Crippen LogP contribution is 2.32. The second-order valence-corrected chi connectivity index (χ2v) is 4.02. The van der Waals surface area contributed by atoms with E-state index in [0.717, 1.165) is 23.6 Å². The Hall–Kier alpha value is -1.70. The van der Waals surface area contributed by atoms with E-state index < -0.39 is 0 Å². The predicted molar refractivity (Wildman–Crippen MR) is 66.0 cm³/mol. The van der Waals surface area contributed by atoms with Gasteiger partial charge in [0.05, 0.1) is 0 Å². The fourth-order valence-corrected chi connectivity index (χ4v) is 2.08. The number of rotatable bonds is 2. The standard InChI is InChI=1S/C14H16O2/c1-3-9-5-11-7-13(15)14(16)8-12(11)6-10(9)4-2/h5-8,15-16H,3-4H2,1-2H3. The number of phenols is 2. The van der Waals surface area contributed by atoms with Crippen LogP contribution in [-0.4, -0.2) is 10.2 Å². The van der Waals surface area contributed by atoms with E-state index in [1.165, 1.54) is 11.1 Å². The van der Waals surface area contributed by atoms with Gasteiger partial charge in [-0.1, -0.05) is 26.0 Å². The average molecular weight is 216 g/mol. The van der Waals surface area contributed by atoms with Crippen molar-refractivity contribution in [2.75, 3.05) is 0 Å². The molecule has 0 radical (unpaired) electrons.